The Bertz CT molecular complexity index is 497. The second-order valence-electron chi connectivity index (χ2n) is 9.82. The first-order chi connectivity index (χ1) is 9.70. The topological polar surface area (TPSA) is 49.7 Å². The molecule has 0 saturated carbocycles. The lowest BCUT2D eigenvalue weighted by Gasteiger charge is -2.31. The van der Waals surface area contributed by atoms with Crippen LogP contribution in [0.1, 0.15) is 74.7 Å². The number of aliphatic hydroxyl groups is 1. The van der Waals surface area contributed by atoms with E-state index in [0.717, 1.165) is 5.71 Å². The second kappa shape index (κ2) is 6.17. The van der Waals surface area contributed by atoms with E-state index in [1.165, 1.54) is 0 Å². The van der Waals surface area contributed by atoms with Gasteiger partial charge in [-0.25, -0.2) is 0 Å². The number of aliphatic imine (C=N–C) groups is 1. The molecule has 0 aliphatic heterocycles. The van der Waals surface area contributed by atoms with Crippen LogP contribution in [0.5, 0.6) is 0 Å². The van der Waals surface area contributed by atoms with Crippen LogP contribution in [0, 0.1) is 16.2 Å². The summed E-state index contributed by atoms with van der Waals surface area (Å²) < 4.78 is 0. The van der Waals surface area contributed by atoms with Crippen molar-refractivity contribution in [3.63, 3.8) is 0 Å². The van der Waals surface area contributed by atoms with Crippen molar-refractivity contribution in [2.45, 2.75) is 74.7 Å². The molecule has 0 spiro atoms. The van der Waals surface area contributed by atoms with Crippen LogP contribution in [0.15, 0.2) is 16.3 Å². The second-order valence-corrected chi connectivity index (χ2v) is 9.82. The summed E-state index contributed by atoms with van der Waals surface area (Å²) in [5, 5.41) is 10.4. The van der Waals surface area contributed by atoms with Crippen LogP contribution in [0.3, 0.4) is 0 Å². The van der Waals surface area contributed by atoms with E-state index < -0.39 is 0 Å². The zero-order valence-corrected chi connectivity index (χ0v) is 15.6. The van der Waals surface area contributed by atoms with Crippen molar-refractivity contribution in [2.75, 3.05) is 6.54 Å². The fourth-order valence-electron chi connectivity index (χ4n) is 2.67. The van der Waals surface area contributed by atoms with Gasteiger partial charge in [-0.1, -0.05) is 55.4 Å². The molecule has 1 aliphatic carbocycles. The number of hydrogen-bond acceptors (Lipinski definition) is 3. The van der Waals surface area contributed by atoms with Crippen molar-refractivity contribution in [1.82, 2.24) is 0 Å². The maximum Gasteiger partial charge on any atom is 0.168 e. The number of rotatable bonds is 3. The number of hydrogen-bond donors (Lipinski definition) is 1. The van der Waals surface area contributed by atoms with Crippen molar-refractivity contribution < 1.29 is 9.90 Å². The predicted octanol–water partition coefficient (Wildman–Crippen LogP) is 5.11. The number of carbonyl (C=O) groups excluding carboxylic acids is 1. The van der Waals surface area contributed by atoms with Gasteiger partial charge in [-0.15, -0.1) is 0 Å². The Labute approximate surface area is 135 Å². The smallest absolute Gasteiger partial charge is 0.168 e. The molecule has 1 rings (SSSR count). The van der Waals surface area contributed by atoms with Crippen molar-refractivity contribution in [3.05, 3.63) is 11.3 Å². The van der Waals surface area contributed by atoms with Crippen molar-refractivity contribution in [3.8, 4) is 0 Å². The predicted molar refractivity (Wildman–Crippen MR) is 93.5 cm³/mol. The SMILES string of the molecule is CC(C)(C)CN=C(CC(C)(C)C)C1=C(O)CC(C)(C)CC1=O. The Morgan fingerprint density at radius 3 is 2.05 bits per heavy atom. The van der Waals surface area contributed by atoms with E-state index in [1.54, 1.807) is 0 Å². The summed E-state index contributed by atoms with van der Waals surface area (Å²) in [5.74, 6) is 0.254. The fourth-order valence-corrected chi connectivity index (χ4v) is 2.67. The first-order valence-electron chi connectivity index (χ1n) is 8.19. The van der Waals surface area contributed by atoms with Gasteiger partial charge in [0.15, 0.2) is 5.78 Å². The molecule has 126 valence electrons. The maximum absolute atomic E-state index is 12.6. The molecule has 0 saturated heterocycles. The van der Waals surface area contributed by atoms with Gasteiger partial charge in [-0.05, 0) is 22.7 Å². The number of nitrogens with zero attached hydrogens (tertiary/aromatic N) is 1. The molecule has 0 aromatic rings. The van der Waals surface area contributed by atoms with Crippen molar-refractivity contribution in [1.29, 1.82) is 0 Å². The zero-order valence-electron chi connectivity index (χ0n) is 15.6. The average molecular weight is 307 g/mol. The summed E-state index contributed by atoms with van der Waals surface area (Å²) in [6.07, 6.45) is 1.73. The minimum Gasteiger partial charge on any atom is -0.511 e. The average Bonchev–Trinajstić information content (AvgIpc) is 2.19. The third-order valence-corrected chi connectivity index (χ3v) is 3.58. The van der Waals surface area contributed by atoms with Crippen LogP contribution in [0.25, 0.3) is 0 Å². The number of carbonyl (C=O) groups is 1. The summed E-state index contributed by atoms with van der Waals surface area (Å²) in [6.45, 7) is 17.5. The molecule has 1 aliphatic rings. The van der Waals surface area contributed by atoms with E-state index >= 15 is 0 Å². The molecular weight excluding hydrogens is 274 g/mol. The van der Waals surface area contributed by atoms with Gasteiger partial charge in [-0.3, -0.25) is 9.79 Å². The Morgan fingerprint density at radius 1 is 1.09 bits per heavy atom. The largest absolute Gasteiger partial charge is 0.511 e. The van der Waals surface area contributed by atoms with Crippen molar-refractivity contribution in [2.24, 2.45) is 21.2 Å². The molecule has 0 amide bonds. The minimum absolute atomic E-state index is 0.0250. The molecule has 0 unspecified atom stereocenters. The molecule has 0 aromatic heterocycles. The van der Waals surface area contributed by atoms with Crippen LogP contribution >= 0.6 is 0 Å². The van der Waals surface area contributed by atoms with E-state index in [1.807, 2.05) is 13.8 Å². The molecule has 22 heavy (non-hydrogen) atoms. The summed E-state index contributed by atoms with van der Waals surface area (Å²) in [4.78, 5) is 17.3. The van der Waals surface area contributed by atoms with E-state index in [-0.39, 0.29) is 27.8 Å². The molecule has 0 atom stereocenters. The van der Waals surface area contributed by atoms with E-state index in [9.17, 15) is 9.90 Å². The first-order valence-corrected chi connectivity index (χ1v) is 8.19. The quantitative estimate of drug-likeness (QED) is 0.736. The highest BCUT2D eigenvalue weighted by Crippen LogP contribution is 2.37. The molecule has 0 fully saturated rings. The van der Waals surface area contributed by atoms with Crippen LogP contribution < -0.4 is 0 Å². The van der Waals surface area contributed by atoms with E-state index in [2.05, 4.69) is 41.5 Å². The Balaban J connectivity index is 3.23. The van der Waals surface area contributed by atoms with Crippen LogP contribution in [0.4, 0.5) is 0 Å². The normalized spacial score (nSPS) is 20.5. The van der Waals surface area contributed by atoms with E-state index in [4.69, 9.17) is 4.99 Å². The van der Waals surface area contributed by atoms with Gasteiger partial charge in [0.2, 0.25) is 0 Å². The lowest BCUT2D eigenvalue weighted by atomic mass is 9.74. The van der Waals surface area contributed by atoms with Crippen LogP contribution in [-0.4, -0.2) is 23.1 Å². The molecule has 0 heterocycles. The van der Waals surface area contributed by atoms with Gasteiger partial charge in [0.1, 0.15) is 5.76 Å². The molecule has 3 heteroatoms. The highest BCUT2D eigenvalue weighted by atomic mass is 16.3. The Kier molecular flexibility index (Phi) is 5.31. The van der Waals surface area contributed by atoms with Gasteiger partial charge in [0.05, 0.1) is 5.57 Å². The third kappa shape index (κ3) is 5.94. The number of ketones is 1. The standard InChI is InChI=1S/C19H33NO2/c1-17(2,3)9-13(20-12-18(4,5)6)16-14(21)10-19(7,8)11-15(16)22/h21H,9-12H2,1-8H3. The minimum atomic E-state index is -0.165. The summed E-state index contributed by atoms with van der Waals surface area (Å²) in [5.41, 5.74) is 1.19. The molecule has 3 nitrogen and oxygen atoms in total. The van der Waals surface area contributed by atoms with Gasteiger partial charge in [0, 0.05) is 25.1 Å². The number of Topliss-reactive ketones (excluding diaryl/α,β-unsaturated/α-hetero) is 1. The summed E-state index contributed by atoms with van der Waals surface area (Å²) in [6, 6.07) is 0. The highest BCUT2D eigenvalue weighted by Gasteiger charge is 2.36. The molecule has 1 N–H and O–H groups in total. The molecule has 0 radical (unpaired) electrons. The van der Waals surface area contributed by atoms with Gasteiger partial charge in [-0.2, -0.15) is 0 Å². The van der Waals surface area contributed by atoms with Gasteiger partial charge in [0.25, 0.3) is 0 Å². The van der Waals surface area contributed by atoms with Gasteiger partial charge >= 0.3 is 0 Å². The maximum atomic E-state index is 12.6. The zero-order chi connectivity index (χ0) is 17.3. The Hall–Kier alpha value is -1.12. The van der Waals surface area contributed by atoms with Crippen molar-refractivity contribution >= 4 is 11.5 Å². The van der Waals surface area contributed by atoms with Crippen LogP contribution in [-0.2, 0) is 4.79 Å². The molecular formula is C19H33NO2. The number of aliphatic hydroxyl groups excluding tert-OH is 1. The monoisotopic (exact) mass is 307 g/mol. The summed E-state index contributed by atoms with van der Waals surface area (Å²) in [7, 11) is 0. The number of allylic oxidation sites excluding steroid dienone is 2. The third-order valence-electron chi connectivity index (χ3n) is 3.58. The van der Waals surface area contributed by atoms with Crippen LogP contribution in [0.2, 0.25) is 0 Å². The Morgan fingerprint density at radius 2 is 1.64 bits per heavy atom. The fraction of sp³-hybridized carbons (Fsp3) is 0.789. The molecule has 0 aromatic carbocycles. The highest BCUT2D eigenvalue weighted by molar-refractivity contribution is 6.23. The van der Waals surface area contributed by atoms with E-state index in [0.29, 0.717) is 31.4 Å². The lowest BCUT2D eigenvalue weighted by Crippen LogP contribution is -2.31. The summed E-state index contributed by atoms with van der Waals surface area (Å²) >= 11 is 0. The van der Waals surface area contributed by atoms with Gasteiger partial charge < -0.3 is 5.11 Å². The first kappa shape index (κ1) is 18.9. The molecule has 0 bridgehead atoms. The lowest BCUT2D eigenvalue weighted by molar-refractivity contribution is -0.118.